The van der Waals surface area contributed by atoms with Crippen molar-refractivity contribution in [3.8, 4) is 11.1 Å². The number of hydrogen-bond donors (Lipinski definition) is 0. The molecular formula is C20H18BrF5. The van der Waals surface area contributed by atoms with Crippen molar-refractivity contribution in [3.63, 3.8) is 0 Å². The Labute approximate surface area is 157 Å². The van der Waals surface area contributed by atoms with Crippen LogP contribution >= 0.6 is 15.9 Å². The van der Waals surface area contributed by atoms with E-state index in [9.17, 15) is 22.0 Å². The molecule has 1 fully saturated rings. The van der Waals surface area contributed by atoms with Crippen molar-refractivity contribution < 1.29 is 22.0 Å². The molecule has 26 heavy (non-hydrogen) atoms. The van der Waals surface area contributed by atoms with E-state index in [0.29, 0.717) is 23.6 Å². The van der Waals surface area contributed by atoms with Crippen molar-refractivity contribution in [2.75, 3.05) is 5.33 Å². The summed E-state index contributed by atoms with van der Waals surface area (Å²) in [5.41, 5.74) is -0.340. The molecule has 0 amide bonds. The largest absolute Gasteiger partial charge is 0.206 e. The first kappa shape index (κ1) is 19.3. The van der Waals surface area contributed by atoms with Crippen molar-refractivity contribution in [1.29, 1.82) is 0 Å². The summed E-state index contributed by atoms with van der Waals surface area (Å²) >= 11 is 3.43. The third-order valence-electron chi connectivity index (χ3n) is 5.17. The van der Waals surface area contributed by atoms with E-state index in [1.165, 1.54) is 12.1 Å². The Morgan fingerprint density at radius 1 is 0.769 bits per heavy atom. The van der Waals surface area contributed by atoms with Gasteiger partial charge in [-0.25, -0.2) is 22.0 Å². The van der Waals surface area contributed by atoms with Gasteiger partial charge in [-0.15, -0.1) is 0 Å². The minimum absolute atomic E-state index is 0.0707. The first-order valence-electron chi connectivity index (χ1n) is 8.60. The summed E-state index contributed by atoms with van der Waals surface area (Å²) in [4.78, 5) is 0. The maximum absolute atomic E-state index is 14.5. The molecule has 3 rings (SSSR count). The van der Waals surface area contributed by atoms with Gasteiger partial charge in [0.1, 0.15) is 11.6 Å². The van der Waals surface area contributed by atoms with E-state index in [2.05, 4.69) is 15.9 Å². The number of benzene rings is 2. The van der Waals surface area contributed by atoms with Crippen LogP contribution in [-0.2, 0) is 0 Å². The third kappa shape index (κ3) is 3.95. The summed E-state index contributed by atoms with van der Waals surface area (Å²) in [7, 11) is 0. The minimum atomic E-state index is -1.66. The Morgan fingerprint density at radius 2 is 1.31 bits per heavy atom. The van der Waals surface area contributed by atoms with Gasteiger partial charge in [-0.05, 0) is 79.3 Å². The topological polar surface area (TPSA) is 0 Å². The molecule has 0 spiro atoms. The zero-order chi connectivity index (χ0) is 18.8. The van der Waals surface area contributed by atoms with Crippen molar-refractivity contribution >= 4 is 15.9 Å². The normalized spacial score (nSPS) is 20.4. The molecule has 0 bridgehead atoms. The first-order chi connectivity index (χ1) is 12.4. The fourth-order valence-electron chi connectivity index (χ4n) is 3.74. The summed E-state index contributed by atoms with van der Waals surface area (Å²) < 4.78 is 68.9. The summed E-state index contributed by atoms with van der Waals surface area (Å²) in [5.74, 6) is -5.71. The van der Waals surface area contributed by atoms with Gasteiger partial charge in [0.15, 0.2) is 17.5 Å². The molecule has 2 aromatic carbocycles. The molecular weight excluding hydrogens is 415 g/mol. The average molecular weight is 433 g/mol. The lowest BCUT2D eigenvalue weighted by atomic mass is 9.77. The molecule has 1 aliphatic carbocycles. The molecule has 0 saturated heterocycles. The molecule has 0 atom stereocenters. The fraction of sp³-hybridized carbons (Fsp3) is 0.400. The van der Waals surface area contributed by atoms with Crippen LogP contribution in [0.25, 0.3) is 11.1 Å². The quantitative estimate of drug-likeness (QED) is 0.274. The number of halogens is 6. The monoisotopic (exact) mass is 432 g/mol. The van der Waals surface area contributed by atoms with Crippen LogP contribution in [0.3, 0.4) is 0 Å². The number of rotatable bonds is 4. The van der Waals surface area contributed by atoms with Crippen LogP contribution in [0.4, 0.5) is 22.0 Å². The molecule has 0 heterocycles. The van der Waals surface area contributed by atoms with E-state index >= 15 is 0 Å². The van der Waals surface area contributed by atoms with E-state index in [-0.39, 0.29) is 11.5 Å². The molecule has 0 unspecified atom stereocenters. The summed E-state index contributed by atoms with van der Waals surface area (Å²) in [6.07, 6.45) is 4.83. The van der Waals surface area contributed by atoms with Crippen LogP contribution in [0.1, 0.15) is 43.6 Å². The Kier molecular flexibility index (Phi) is 6.00. The second-order valence-corrected chi connectivity index (χ2v) is 7.60. The van der Waals surface area contributed by atoms with Crippen LogP contribution < -0.4 is 0 Å². The van der Waals surface area contributed by atoms with E-state index in [0.717, 1.165) is 37.4 Å². The highest BCUT2D eigenvalue weighted by Crippen LogP contribution is 2.39. The van der Waals surface area contributed by atoms with Gasteiger partial charge < -0.3 is 0 Å². The van der Waals surface area contributed by atoms with Crippen molar-refractivity contribution in [3.05, 3.63) is 58.9 Å². The van der Waals surface area contributed by atoms with E-state index in [4.69, 9.17) is 0 Å². The Bertz CT molecular complexity index is 751. The van der Waals surface area contributed by atoms with Crippen molar-refractivity contribution in [2.24, 2.45) is 5.92 Å². The molecule has 0 radical (unpaired) electrons. The van der Waals surface area contributed by atoms with Gasteiger partial charge in [0, 0.05) is 5.33 Å². The van der Waals surface area contributed by atoms with Gasteiger partial charge in [-0.1, -0.05) is 15.9 Å². The van der Waals surface area contributed by atoms with Gasteiger partial charge >= 0.3 is 0 Å². The highest BCUT2D eigenvalue weighted by Gasteiger charge is 2.25. The van der Waals surface area contributed by atoms with Crippen LogP contribution in [0.2, 0.25) is 0 Å². The summed E-state index contributed by atoms with van der Waals surface area (Å²) in [6.45, 7) is 0. The molecule has 140 valence electrons. The summed E-state index contributed by atoms with van der Waals surface area (Å²) in [6, 6.07) is 3.66. The first-order valence-corrected chi connectivity index (χ1v) is 9.72. The van der Waals surface area contributed by atoms with Crippen molar-refractivity contribution in [1.82, 2.24) is 0 Å². The van der Waals surface area contributed by atoms with E-state index in [1.54, 1.807) is 0 Å². The molecule has 0 aromatic heterocycles. The highest BCUT2D eigenvalue weighted by molar-refractivity contribution is 9.09. The Hall–Kier alpha value is -1.43. The molecule has 1 saturated carbocycles. The van der Waals surface area contributed by atoms with Gasteiger partial charge in [0.05, 0.1) is 5.56 Å². The molecule has 0 aliphatic heterocycles. The summed E-state index contributed by atoms with van der Waals surface area (Å²) in [5, 5.41) is 0.949. The highest BCUT2D eigenvalue weighted by atomic mass is 79.9. The average Bonchev–Trinajstić information content (AvgIpc) is 2.60. The smallest absolute Gasteiger partial charge is 0.194 e. The molecule has 0 nitrogen and oxygen atoms in total. The lowest BCUT2D eigenvalue weighted by Gasteiger charge is -2.28. The molecule has 0 N–H and O–H groups in total. The Balaban J connectivity index is 1.88. The zero-order valence-corrected chi connectivity index (χ0v) is 15.6. The molecule has 2 aromatic rings. The fourth-order valence-corrected chi connectivity index (χ4v) is 4.39. The predicted octanol–water partition coefficient (Wildman–Crippen LogP) is 7.11. The zero-order valence-electron chi connectivity index (χ0n) is 14.0. The SMILES string of the molecule is Fc1cc(-c2c(F)cc(C3CCC(CCBr)CC3)cc2F)cc(F)c1F. The van der Waals surface area contributed by atoms with Crippen LogP contribution in [0.15, 0.2) is 24.3 Å². The van der Waals surface area contributed by atoms with E-state index < -0.39 is 34.6 Å². The van der Waals surface area contributed by atoms with Crippen LogP contribution in [0.5, 0.6) is 0 Å². The standard InChI is InChI=1S/C20H18BrF5/c21-6-5-11-1-3-12(4-2-11)13-7-15(22)19(16(23)8-13)14-9-17(24)20(26)18(25)10-14/h7-12H,1-6H2. The predicted molar refractivity (Wildman–Crippen MR) is 94.8 cm³/mol. The molecule has 1 aliphatic rings. The second-order valence-electron chi connectivity index (χ2n) is 6.81. The Morgan fingerprint density at radius 3 is 1.81 bits per heavy atom. The molecule has 6 heteroatoms. The lowest BCUT2D eigenvalue weighted by Crippen LogP contribution is -2.14. The van der Waals surface area contributed by atoms with Crippen LogP contribution in [-0.4, -0.2) is 5.33 Å². The maximum atomic E-state index is 14.5. The van der Waals surface area contributed by atoms with E-state index in [1.807, 2.05) is 0 Å². The van der Waals surface area contributed by atoms with Gasteiger partial charge in [-0.3, -0.25) is 0 Å². The maximum Gasteiger partial charge on any atom is 0.194 e. The van der Waals surface area contributed by atoms with Crippen molar-refractivity contribution in [2.45, 2.75) is 38.0 Å². The van der Waals surface area contributed by atoms with Gasteiger partial charge in [-0.2, -0.15) is 0 Å². The van der Waals surface area contributed by atoms with Gasteiger partial charge in [0.2, 0.25) is 0 Å². The third-order valence-corrected chi connectivity index (χ3v) is 5.63. The van der Waals surface area contributed by atoms with Gasteiger partial charge in [0.25, 0.3) is 0 Å². The number of alkyl halides is 1. The second kappa shape index (κ2) is 8.07. The minimum Gasteiger partial charge on any atom is -0.206 e. The lowest BCUT2D eigenvalue weighted by molar-refractivity contribution is 0.320. The van der Waals surface area contributed by atoms with Crippen LogP contribution in [0, 0.1) is 35.0 Å². The number of hydrogen-bond acceptors (Lipinski definition) is 0.